The van der Waals surface area contributed by atoms with Crippen molar-refractivity contribution in [3.05, 3.63) is 62.5 Å². The molecule has 34 heavy (non-hydrogen) atoms. The van der Waals surface area contributed by atoms with E-state index in [-0.39, 0.29) is 18.5 Å². The van der Waals surface area contributed by atoms with Crippen LogP contribution in [0.2, 0.25) is 10.0 Å². The van der Waals surface area contributed by atoms with E-state index in [1.165, 1.54) is 4.90 Å². The second-order valence-corrected chi connectivity index (χ2v) is 11.6. The van der Waals surface area contributed by atoms with Gasteiger partial charge in [0, 0.05) is 32.7 Å². The van der Waals surface area contributed by atoms with Gasteiger partial charge in [-0.3, -0.25) is 13.9 Å². The Morgan fingerprint density at radius 3 is 2.21 bits per heavy atom. The molecule has 11 heteroatoms. The predicted octanol–water partition coefficient (Wildman–Crippen LogP) is 4.85. The molecule has 2 aromatic carbocycles. The number of nitrogens with one attached hydrogen (secondary N) is 1. The molecule has 0 bridgehead atoms. The molecule has 0 radical (unpaired) electrons. The lowest BCUT2D eigenvalue weighted by Gasteiger charge is -2.32. The monoisotopic (exact) mass is 591 g/mol. The Balaban J connectivity index is 2.45. The van der Waals surface area contributed by atoms with E-state index >= 15 is 0 Å². The van der Waals surface area contributed by atoms with E-state index in [0.717, 1.165) is 10.6 Å². The van der Waals surface area contributed by atoms with E-state index in [0.29, 0.717) is 32.2 Å². The molecule has 1 N–H and O–H groups in total. The molecule has 0 aromatic heterocycles. The minimum atomic E-state index is -3.81. The number of carbonyl (C=O) groups excluding carboxylic acids is 2. The van der Waals surface area contributed by atoms with Crippen molar-refractivity contribution in [2.45, 2.75) is 45.8 Å². The van der Waals surface area contributed by atoms with Gasteiger partial charge in [-0.25, -0.2) is 8.42 Å². The maximum absolute atomic E-state index is 13.5. The zero-order valence-electron chi connectivity index (χ0n) is 19.4. The third-order valence-corrected chi connectivity index (χ3v) is 7.68. The van der Waals surface area contributed by atoms with Gasteiger partial charge in [-0.15, -0.1) is 0 Å². The average Bonchev–Trinajstić information content (AvgIpc) is 2.75. The van der Waals surface area contributed by atoms with Crippen LogP contribution in [0.4, 0.5) is 5.69 Å². The number of rotatable bonds is 10. The highest BCUT2D eigenvalue weighted by atomic mass is 79.9. The van der Waals surface area contributed by atoms with Crippen LogP contribution in [0.1, 0.15) is 32.8 Å². The van der Waals surface area contributed by atoms with Gasteiger partial charge in [0.15, 0.2) is 0 Å². The van der Waals surface area contributed by atoms with Gasteiger partial charge in [0.05, 0.1) is 11.9 Å². The molecule has 0 aliphatic carbocycles. The van der Waals surface area contributed by atoms with Gasteiger partial charge in [-0.1, -0.05) is 58.2 Å². The van der Waals surface area contributed by atoms with Crippen molar-refractivity contribution in [3.63, 3.8) is 0 Å². The van der Waals surface area contributed by atoms with Gasteiger partial charge in [-0.05, 0) is 50.6 Å². The van der Waals surface area contributed by atoms with Crippen molar-refractivity contribution in [2.75, 3.05) is 17.1 Å². The van der Waals surface area contributed by atoms with Gasteiger partial charge < -0.3 is 10.2 Å². The Kier molecular flexibility index (Phi) is 10.2. The fourth-order valence-corrected chi connectivity index (χ4v) is 4.89. The highest BCUT2D eigenvalue weighted by Gasteiger charge is 2.31. The van der Waals surface area contributed by atoms with Crippen molar-refractivity contribution < 1.29 is 18.0 Å². The third-order valence-electron chi connectivity index (χ3n) is 5.33. The van der Waals surface area contributed by atoms with Crippen LogP contribution < -0.4 is 9.62 Å². The molecule has 0 saturated carbocycles. The van der Waals surface area contributed by atoms with Crippen molar-refractivity contribution in [2.24, 2.45) is 0 Å². The fourth-order valence-electron chi connectivity index (χ4n) is 3.15. The van der Waals surface area contributed by atoms with Crippen LogP contribution in [0.25, 0.3) is 0 Å². The van der Waals surface area contributed by atoms with Gasteiger partial charge in [0.2, 0.25) is 21.8 Å². The Morgan fingerprint density at radius 1 is 1.09 bits per heavy atom. The SMILES string of the molecule is CCC(C)NC(=O)C(C)N(Cc1c(Cl)cccc1Cl)C(=O)CN(c1cccc(Br)c1)S(C)(=O)=O. The summed E-state index contributed by atoms with van der Waals surface area (Å²) in [5, 5.41) is 3.54. The summed E-state index contributed by atoms with van der Waals surface area (Å²) in [5.41, 5.74) is 0.786. The molecule has 0 fully saturated rings. The number of amides is 2. The zero-order chi connectivity index (χ0) is 25.6. The van der Waals surface area contributed by atoms with E-state index in [1.54, 1.807) is 49.4 Å². The van der Waals surface area contributed by atoms with Crippen molar-refractivity contribution in [1.82, 2.24) is 10.2 Å². The van der Waals surface area contributed by atoms with Crippen LogP contribution in [-0.4, -0.2) is 50.0 Å². The van der Waals surface area contributed by atoms with Gasteiger partial charge in [-0.2, -0.15) is 0 Å². The maximum atomic E-state index is 13.5. The Labute approximate surface area is 219 Å². The van der Waals surface area contributed by atoms with E-state index < -0.39 is 28.5 Å². The molecule has 7 nitrogen and oxygen atoms in total. The summed E-state index contributed by atoms with van der Waals surface area (Å²) in [7, 11) is -3.81. The van der Waals surface area contributed by atoms with E-state index in [9.17, 15) is 18.0 Å². The second-order valence-electron chi connectivity index (χ2n) is 7.97. The summed E-state index contributed by atoms with van der Waals surface area (Å²) in [5.74, 6) is -0.938. The fraction of sp³-hybridized carbons (Fsp3) is 0.391. The lowest BCUT2D eigenvalue weighted by molar-refractivity contribution is -0.139. The van der Waals surface area contributed by atoms with Crippen molar-refractivity contribution in [3.8, 4) is 0 Å². The minimum absolute atomic E-state index is 0.0669. The quantitative estimate of drug-likeness (QED) is 0.427. The zero-order valence-corrected chi connectivity index (χ0v) is 23.3. The number of hydrogen-bond donors (Lipinski definition) is 1. The van der Waals surface area contributed by atoms with E-state index in [4.69, 9.17) is 23.2 Å². The molecule has 2 amide bonds. The molecule has 2 atom stereocenters. The lowest BCUT2D eigenvalue weighted by atomic mass is 10.1. The summed E-state index contributed by atoms with van der Waals surface area (Å²) >= 11 is 16.0. The maximum Gasteiger partial charge on any atom is 0.244 e. The van der Waals surface area contributed by atoms with E-state index in [2.05, 4.69) is 21.2 Å². The summed E-state index contributed by atoms with van der Waals surface area (Å²) in [6, 6.07) is 10.6. The number of halogens is 3. The minimum Gasteiger partial charge on any atom is -0.352 e. The normalized spacial score (nSPS) is 13.1. The first-order chi connectivity index (χ1) is 15.8. The van der Waals surface area contributed by atoms with Crippen LogP contribution in [0, 0.1) is 0 Å². The molecule has 0 spiro atoms. The third kappa shape index (κ3) is 7.60. The average molecular weight is 593 g/mol. The molecule has 0 saturated heterocycles. The summed E-state index contributed by atoms with van der Waals surface area (Å²) in [6.45, 7) is 4.81. The number of hydrogen-bond acceptors (Lipinski definition) is 4. The standard InChI is InChI=1S/C23H28BrCl2N3O4S/c1-5-15(2)27-23(31)16(3)28(13-19-20(25)10-7-11-21(19)26)22(30)14-29(34(4,32)33)18-9-6-8-17(24)12-18/h6-12,15-16H,5,13-14H2,1-4H3,(H,27,31). The summed E-state index contributed by atoms with van der Waals surface area (Å²) < 4.78 is 26.8. The van der Waals surface area contributed by atoms with Crippen LogP contribution in [0.3, 0.4) is 0 Å². The highest BCUT2D eigenvalue weighted by Crippen LogP contribution is 2.27. The molecule has 186 valence electrons. The van der Waals surface area contributed by atoms with Gasteiger partial charge in [0.1, 0.15) is 12.6 Å². The molecule has 0 aliphatic heterocycles. The first-order valence-corrected chi connectivity index (χ1v) is 14.0. The van der Waals surface area contributed by atoms with Crippen molar-refractivity contribution in [1.29, 1.82) is 0 Å². The smallest absolute Gasteiger partial charge is 0.244 e. The van der Waals surface area contributed by atoms with Crippen LogP contribution in [0.5, 0.6) is 0 Å². The topological polar surface area (TPSA) is 86.8 Å². The number of benzene rings is 2. The highest BCUT2D eigenvalue weighted by molar-refractivity contribution is 9.10. The Hall–Kier alpha value is -1.81. The van der Waals surface area contributed by atoms with E-state index in [1.807, 2.05) is 13.8 Å². The largest absolute Gasteiger partial charge is 0.352 e. The lowest BCUT2D eigenvalue weighted by Crippen LogP contribution is -2.52. The Morgan fingerprint density at radius 2 is 1.68 bits per heavy atom. The molecule has 2 rings (SSSR count). The molecule has 0 aliphatic rings. The molecule has 2 unspecified atom stereocenters. The molecule has 0 heterocycles. The van der Waals surface area contributed by atoms with Gasteiger partial charge >= 0.3 is 0 Å². The summed E-state index contributed by atoms with van der Waals surface area (Å²) in [6.07, 6.45) is 1.74. The van der Waals surface area contributed by atoms with Crippen LogP contribution >= 0.6 is 39.1 Å². The molecular weight excluding hydrogens is 565 g/mol. The molecular formula is C23H28BrCl2N3O4S. The first kappa shape index (κ1) is 28.4. The number of anilines is 1. The number of nitrogens with zero attached hydrogens (tertiary/aromatic N) is 2. The number of carbonyl (C=O) groups is 2. The molecule has 2 aromatic rings. The summed E-state index contributed by atoms with van der Waals surface area (Å²) in [4.78, 5) is 27.7. The second kappa shape index (κ2) is 12.2. The Bertz CT molecular complexity index is 1130. The van der Waals surface area contributed by atoms with Gasteiger partial charge in [0.25, 0.3) is 0 Å². The predicted molar refractivity (Wildman–Crippen MR) is 141 cm³/mol. The first-order valence-electron chi connectivity index (χ1n) is 10.6. The van der Waals surface area contributed by atoms with Crippen molar-refractivity contribution >= 4 is 66.7 Å². The van der Waals surface area contributed by atoms with Crippen LogP contribution in [-0.2, 0) is 26.2 Å². The number of sulfonamides is 1. The van der Waals surface area contributed by atoms with Crippen LogP contribution in [0.15, 0.2) is 46.9 Å².